The maximum atomic E-state index is 11.9. The Kier molecular flexibility index (Phi) is 6.45. The molecule has 30 heavy (non-hydrogen) atoms. The van der Waals surface area contributed by atoms with Crippen LogP contribution in [0, 0.1) is 5.92 Å². The first-order valence-electron chi connectivity index (χ1n) is 11.5. The summed E-state index contributed by atoms with van der Waals surface area (Å²) in [6.45, 7) is 13.7. The van der Waals surface area contributed by atoms with Gasteiger partial charge in [0, 0.05) is 5.56 Å². The number of carbonyl (C=O) groups excluding carboxylic acids is 1. The Hall–Kier alpha value is -2.09. The molecular formula is C28H39NO. The van der Waals surface area contributed by atoms with E-state index in [2.05, 4.69) is 65.8 Å². The molecule has 1 saturated carbocycles. The highest BCUT2D eigenvalue weighted by molar-refractivity contribution is 5.93. The maximum absolute atomic E-state index is 11.9. The zero-order valence-corrected chi connectivity index (χ0v) is 19.8. The van der Waals surface area contributed by atoms with Crippen LogP contribution in [0.3, 0.4) is 0 Å². The van der Waals surface area contributed by atoms with Crippen LogP contribution in [-0.4, -0.2) is 5.91 Å². The summed E-state index contributed by atoms with van der Waals surface area (Å²) in [7, 11) is 0. The van der Waals surface area contributed by atoms with Gasteiger partial charge in [0.1, 0.15) is 0 Å². The smallest absolute Gasteiger partial charge is 0.248 e. The van der Waals surface area contributed by atoms with E-state index >= 15 is 0 Å². The molecule has 0 saturated heterocycles. The number of benzene rings is 2. The van der Waals surface area contributed by atoms with E-state index in [9.17, 15) is 4.79 Å². The summed E-state index contributed by atoms with van der Waals surface area (Å²) in [5.41, 5.74) is 12.9. The van der Waals surface area contributed by atoms with Crippen molar-refractivity contribution in [2.75, 3.05) is 0 Å². The second kappa shape index (κ2) is 8.57. The highest BCUT2D eigenvalue weighted by atomic mass is 16.1. The predicted molar refractivity (Wildman–Crippen MR) is 128 cm³/mol. The second-order valence-electron chi connectivity index (χ2n) is 11.2. The molecule has 0 radical (unpaired) electrons. The Morgan fingerprint density at radius 2 is 1.43 bits per heavy atom. The quantitative estimate of drug-likeness (QED) is 0.575. The molecule has 2 N–H and O–H groups in total. The molecule has 3 rings (SSSR count). The molecule has 1 amide bonds. The summed E-state index contributed by atoms with van der Waals surface area (Å²) >= 11 is 0. The SMILES string of the molecule is CC(C)(C)c1cc(-c2ccc(C(N)=O)cc2CC2CCCCC2)cc(C(C)(C)C)c1. The summed E-state index contributed by atoms with van der Waals surface area (Å²) in [6.07, 6.45) is 7.60. The molecule has 162 valence electrons. The van der Waals surface area contributed by atoms with Gasteiger partial charge in [-0.25, -0.2) is 0 Å². The number of amides is 1. The lowest BCUT2D eigenvalue weighted by Crippen LogP contribution is -2.17. The summed E-state index contributed by atoms with van der Waals surface area (Å²) in [4.78, 5) is 11.9. The first-order valence-corrected chi connectivity index (χ1v) is 11.5. The highest BCUT2D eigenvalue weighted by Gasteiger charge is 2.23. The number of hydrogen-bond donors (Lipinski definition) is 1. The minimum atomic E-state index is -0.342. The van der Waals surface area contributed by atoms with Crippen LogP contribution in [0.5, 0.6) is 0 Å². The van der Waals surface area contributed by atoms with Gasteiger partial charge in [0.25, 0.3) is 0 Å². The van der Waals surface area contributed by atoms with Crippen molar-refractivity contribution in [2.24, 2.45) is 11.7 Å². The average molecular weight is 406 g/mol. The van der Waals surface area contributed by atoms with E-state index in [0.29, 0.717) is 11.5 Å². The van der Waals surface area contributed by atoms with Crippen LogP contribution < -0.4 is 5.73 Å². The van der Waals surface area contributed by atoms with Crippen molar-refractivity contribution < 1.29 is 4.79 Å². The van der Waals surface area contributed by atoms with Gasteiger partial charge in [-0.3, -0.25) is 4.79 Å². The minimum absolute atomic E-state index is 0.0761. The van der Waals surface area contributed by atoms with E-state index in [-0.39, 0.29) is 16.7 Å². The van der Waals surface area contributed by atoms with Gasteiger partial charge in [-0.15, -0.1) is 0 Å². The molecular weight excluding hydrogens is 366 g/mol. The zero-order valence-electron chi connectivity index (χ0n) is 19.8. The highest BCUT2D eigenvalue weighted by Crippen LogP contribution is 2.37. The van der Waals surface area contributed by atoms with Crippen LogP contribution in [-0.2, 0) is 17.3 Å². The van der Waals surface area contributed by atoms with Gasteiger partial charge in [-0.05, 0) is 63.1 Å². The molecule has 1 aliphatic carbocycles. The number of rotatable bonds is 4. The number of carbonyl (C=O) groups is 1. The van der Waals surface area contributed by atoms with Crippen molar-refractivity contribution in [2.45, 2.75) is 90.9 Å². The van der Waals surface area contributed by atoms with E-state index in [1.807, 2.05) is 12.1 Å². The Morgan fingerprint density at radius 1 is 0.867 bits per heavy atom. The molecule has 0 aromatic heterocycles. The number of primary amides is 1. The lowest BCUT2D eigenvalue weighted by Gasteiger charge is -2.27. The van der Waals surface area contributed by atoms with Gasteiger partial charge in [0.05, 0.1) is 0 Å². The van der Waals surface area contributed by atoms with Crippen LogP contribution in [0.4, 0.5) is 0 Å². The summed E-state index contributed by atoms with van der Waals surface area (Å²) in [5, 5.41) is 0. The van der Waals surface area contributed by atoms with Gasteiger partial charge < -0.3 is 5.73 Å². The molecule has 1 fully saturated rings. The van der Waals surface area contributed by atoms with Crippen LogP contribution in [0.25, 0.3) is 11.1 Å². The van der Waals surface area contributed by atoms with Crippen molar-refractivity contribution in [1.82, 2.24) is 0 Å². The van der Waals surface area contributed by atoms with Crippen molar-refractivity contribution in [3.63, 3.8) is 0 Å². The Bertz CT molecular complexity index is 873. The van der Waals surface area contributed by atoms with Crippen molar-refractivity contribution in [1.29, 1.82) is 0 Å². The molecule has 1 aliphatic rings. The van der Waals surface area contributed by atoms with Gasteiger partial charge in [0.2, 0.25) is 5.91 Å². The van der Waals surface area contributed by atoms with Crippen LogP contribution in [0.1, 0.15) is 101 Å². The Morgan fingerprint density at radius 3 is 1.93 bits per heavy atom. The fraction of sp³-hybridized carbons (Fsp3) is 0.536. The molecule has 0 atom stereocenters. The lowest BCUT2D eigenvalue weighted by molar-refractivity contribution is 0.1000. The Balaban J connectivity index is 2.14. The molecule has 2 nitrogen and oxygen atoms in total. The van der Waals surface area contributed by atoms with Crippen molar-refractivity contribution in [3.05, 3.63) is 58.7 Å². The first kappa shape index (κ1) is 22.6. The molecule has 0 heterocycles. The van der Waals surface area contributed by atoms with Crippen LogP contribution in [0.15, 0.2) is 36.4 Å². The van der Waals surface area contributed by atoms with E-state index in [4.69, 9.17) is 5.73 Å². The zero-order chi connectivity index (χ0) is 22.1. The minimum Gasteiger partial charge on any atom is -0.366 e. The van der Waals surface area contributed by atoms with Crippen molar-refractivity contribution in [3.8, 4) is 11.1 Å². The summed E-state index contributed by atoms with van der Waals surface area (Å²) in [5.74, 6) is 0.360. The van der Waals surface area contributed by atoms with E-state index in [1.165, 1.54) is 59.9 Å². The van der Waals surface area contributed by atoms with Gasteiger partial charge in [-0.2, -0.15) is 0 Å². The maximum Gasteiger partial charge on any atom is 0.248 e. The van der Waals surface area contributed by atoms with E-state index < -0.39 is 0 Å². The van der Waals surface area contributed by atoms with Crippen LogP contribution in [0.2, 0.25) is 0 Å². The number of nitrogens with two attached hydrogens (primary N) is 1. The molecule has 2 aromatic rings. The lowest BCUT2D eigenvalue weighted by atomic mass is 9.77. The third-order valence-electron chi connectivity index (χ3n) is 6.60. The molecule has 2 aromatic carbocycles. The van der Waals surface area contributed by atoms with Gasteiger partial charge in [-0.1, -0.05) is 97.9 Å². The second-order valence-corrected chi connectivity index (χ2v) is 11.2. The predicted octanol–water partition coefficient (Wildman–Crippen LogP) is 7.17. The third kappa shape index (κ3) is 5.33. The molecule has 0 unspecified atom stereocenters. The standard InChI is InChI=1S/C28H39NO/c1-27(2,3)23-16-22(17-24(18-23)28(4,5)6)25-13-12-20(26(29)30)15-21(25)14-19-10-8-7-9-11-19/h12-13,15-19H,7-11,14H2,1-6H3,(H2,29,30). The van der Waals surface area contributed by atoms with Gasteiger partial charge >= 0.3 is 0 Å². The Labute approximate surface area is 183 Å². The first-order chi connectivity index (χ1) is 13.9. The normalized spacial score (nSPS) is 15.9. The number of hydrogen-bond acceptors (Lipinski definition) is 1. The molecule has 0 bridgehead atoms. The molecule has 0 spiro atoms. The molecule has 2 heteroatoms. The molecule has 0 aliphatic heterocycles. The summed E-state index contributed by atoms with van der Waals surface area (Å²) in [6, 6.07) is 13.1. The van der Waals surface area contributed by atoms with E-state index in [0.717, 1.165) is 6.42 Å². The topological polar surface area (TPSA) is 43.1 Å². The van der Waals surface area contributed by atoms with E-state index in [1.54, 1.807) is 0 Å². The van der Waals surface area contributed by atoms with Crippen molar-refractivity contribution >= 4 is 5.91 Å². The monoisotopic (exact) mass is 405 g/mol. The fourth-order valence-corrected chi connectivity index (χ4v) is 4.55. The fourth-order valence-electron chi connectivity index (χ4n) is 4.55. The van der Waals surface area contributed by atoms with Crippen LogP contribution >= 0.6 is 0 Å². The summed E-state index contributed by atoms with van der Waals surface area (Å²) < 4.78 is 0. The average Bonchev–Trinajstić information content (AvgIpc) is 2.67. The largest absolute Gasteiger partial charge is 0.366 e. The van der Waals surface area contributed by atoms with Gasteiger partial charge in [0.15, 0.2) is 0 Å². The third-order valence-corrected chi connectivity index (χ3v) is 6.60.